The first-order chi connectivity index (χ1) is 12.6. The molecular weight excluding hydrogens is 334 g/mol. The summed E-state index contributed by atoms with van der Waals surface area (Å²) in [6, 6.07) is 0. The molecule has 0 saturated heterocycles. The van der Waals surface area contributed by atoms with Gasteiger partial charge < -0.3 is 14.3 Å². The van der Waals surface area contributed by atoms with Crippen molar-refractivity contribution in [1.82, 2.24) is 0 Å². The van der Waals surface area contributed by atoms with E-state index in [1.807, 2.05) is 0 Å². The van der Waals surface area contributed by atoms with E-state index >= 15 is 0 Å². The van der Waals surface area contributed by atoms with Crippen molar-refractivity contribution in [2.45, 2.75) is 65.2 Å². The van der Waals surface area contributed by atoms with Crippen molar-refractivity contribution in [1.29, 1.82) is 0 Å². The van der Waals surface area contributed by atoms with Gasteiger partial charge in [0.1, 0.15) is 18.7 Å². The van der Waals surface area contributed by atoms with Gasteiger partial charge in [-0.2, -0.15) is 0 Å². The van der Waals surface area contributed by atoms with Gasteiger partial charge in [-0.05, 0) is 38.5 Å². The van der Waals surface area contributed by atoms with Crippen molar-refractivity contribution >= 4 is 17.3 Å². The number of rotatable bonds is 15. The van der Waals surface area contributed by atoms with Gasteiger partial charge in [0.15, 0.2) is 0 Å². The fourth-order valence-electron chi connectivity index (χ4n) is 3.32. The number of carbonyl (C=O) groups excluding carboxylic acids is 2. The molecule has 1 saturated carbocycles. The Labute approximate surface area is 157 Å². The third-order valence-electron chi connectivity index (χ3n) is 4.56. The zero-order valence-corrected chi connectivity index (χ0v) is 16.6. The quantitative estimate of drug-likeness (QED) is 0.326. The summed E-state index contributed by atoms with van der Waals surface area (Å²) < 4.78 is 10.9. The highest BCUT2D eigenvalue weighted by Gasteiger charge is 2.40. The number of oxime groups is 1. The van der Waals surface area contributed by atoms with Crippen LogP contribution < -0.4 is 0 Å². The van der Waals surface area contributed by atoms with Crippen LogP contribution >= 0.6 is 0 Å². The molecule has 1 fully saturated rings. The molecule has 6 nitrogen and oxygen atoms in total. The lowest BCUT2D eigenvalue weighted by Crippen LogP contribution is -2.26. The van der Waals surface area contributed by atoms with Crippen molar-refractivity contribution < 1.29 is 23.9 Å². The van der Waals surface area contributed by atoms with Crippen molar-refractivity contribution in [2.75, 3.05) is 33.5 Å². The fraction of sp³-hybridized carbons (Fsp3) is 0.850. The third kappa shape index (κ3) is 8.41. The molecular formula is C20H35NO5. The summed E-state index contributed by atoms with van der Waals surface area (Å²) in [5.74, 6) is -0.239. The van der Waals surface area contributed by atoms with Crippen molar-refractivity contribution in [3.05, 3.63) is 0 Å². The van der Waals surface area contributed by atoms with E-state index in [1.165, 1.54) is 7.11 Å². The Balaban J connectivity index is 2.51. The van der Waals surface area contributed by atoms with E-state index in [-0.39, 0.29) is 23.4 Å². The molecule has 0 N–H and O–H groups in total. The molecule has 0 aliphatic heterocycles. The molecule has 1 rings (SSSR count). The first kappa shape index (κ1) is 22.8. The van der Waals surface area contributed by atoms with Crippen LogP contribution in [0.15, 0.2) is 5.16 Å². The second-order valence-corrected chi connectivity index (χ2v) is 6.83. The number of ketones is 2. The van der Waals surface area contributed by atoms with Crippen molar-refractivity contribution in [2.24, 2.45) is 17.0 Å². The van der Waals surface area contributed by atoms with Gasteiger partial charge in [-0.25, -0.2) is 0 Å². The fourth-order valence-corrected chi connectivity index (χ4v) is 3.32. The molecule has 150 valence electrons. The lowest BCUT2D eigenvalue weighted by atomic mass is 9.85. The van der Waals surface area contributed by atoms with Crippen LogP contribution in [-0.2, 0) is 23.9 Å². The van der Waals surface area contributed by atoms with E-state index in [1.54, 1.807) is 0 Å². The Morgan fingerprint density at radius 2 is 1.35 bits per heavy atom. The molecule has 0 bridgehead atoms. The molecule has 0 aromatic rings. The maximum Gasteiger partial charge on any atom is 0.137 e. The Hall–Kier alpha value is -1.27. The van der Waals surface area contributed by atoms with Crippen molar-refractivity contribution in [3.8, 4) is 0 Å². The van der Waals surface area contributed by atoms with Crippen LogP contribution in [0.5, 0.6) is 0 Å². The van der Waals surface area contributed by atoms with Crippen LogP contribution in [0.1, 0.15) is 65.2 Å². The molecule has 2 atom stereocenters. The van der Waals surface area contributed by atoms with Crippen LogP contribution in [0.4, 0.5) is 0 Å². The number of nitrogens with zero attached hydrogens (tertiary/aromatic N) is 1. The lowest BCUT2D eigenvalue weighted by Gasteiger charge is -2.17. The second-order valence-electron chi connectivity index (χ2n) is 6.83. The first-order valence-corrected chi connectivity index (χ1v) is 9.93. The maximum absolute atomic E-state index is 12.6. The topological polar surface area (TPSA) is 74.2 Å². The molecule has 0 amide bonds. The number of Topliss-reactive ketones (excluding diaryl/α,β-unsaturated/α-hetero) is 2. The van der Waals surface area contributed by atoms with Gasteiger partial charge in [0, 0.05) is 51.1 Å². The summed E-state index contributed by atoms with van der Waals surface area (Å²) in [5, 5.41) is 3.99. The molecule has 1 aliphatic carbocycles. The molecule has 0 radical (unpaired) electrons. The van der Waals surface area contributed by atoms with Crippen LogP contribution in [-0.4, -0.2) is 50.8 Å². The molecule has 6 heteroatoms. The molecule has 0 aromatic heterocycles. The molecule has 0 aromatic carbocycles. The van der Waals surface area contributed by atoms with Crippen LogP contribution in [0.25, 0.3) is 0 Å². The Kier molecular flexibility index (Phi) is 12.1. The highest BCUT2D eigenvalue weighted by Crippen LogP contribution is 2.34. The number of carbonyl (C=O) groups is 2. The smallest absolute Gasteiger partial charge is 0.137 e. The van der Waals surface area contributed by atoms with Gasteiger partial charge >= 0.3 is 0 Å². The van der Waals surface area contributed by atoms with E-state index in [9.17, 15) is 9.59 Å². The average molecular weight is 370 g/mol. The Bertz CT molecular complexity index is 413. The van der Waals surface area contributed by atoms with E-state index in [0.717, 1.165) is 31.8 Å². The minimum Gasteiger partial charge on any atom is -0.399 e. The zero-order valence-electron chi connectivity index (χ0n) is 16.6. The van der Waals surface area contributed by atoms with Crippen LogP contribution in [0.3, 0.4) is 0 Å². The Morgan fingerprint density at radius 1 is 0.885 bits per heavy atom. The molecule has 0 heterocycles. The average Bonchev–Trinajstić information content (AvgIpc) is 3.05. The third-order valence-corrected chi connectivity index (χ3v) is 4.56. The molecule has 0 unspecified atom stereocenters. The summed E-state index contributed by atoms with van der Waals surface area (Å²) in [6.45, 7) is 6.76. The standard InChI is InChI=1S/C20H35NO5/c1-4-10-25-12-6-8-19(22)17-14-16(21-24-3)15-18(17)20(23)9-7-13-26-11-5-2/h17-18H,4-15H2,1-3H3/t17-,18+. The maximum atomic E-state index is 12.6. The van der Waals surface area contributed by atoms with Gasteiger partial charge in [0.25, 0.3) is 0 Å². The molecule has 1 aliphatic rings. The second kappa shape index (κ2) is 13.9. The largest absolute Gasteiger partial charge is 0.399 e. The van der Waals surface area contributed by atoms with Crippen LogP contribution in [0.2, 0.25) is 0 Å². The first-order valence-electron chi connectivity index (χ1n) is 9.93. The van der Waals surface area contributed by atoms with Gasteiger partial charge in [-0.1, -0.05) is 19.0 Å². The van der Waals surface area contributed by atoms with Gasteiger partial charge in [-0.15, -0.1) is 0 Å². The van der Waals surface area contributed by atoms with E-state index in [2.05, 4.69) is 19.0 Å². The summed E-state index contributed by atoms with van der Waals surface area (Å²) in [4.78, 5) is 30.1. The lowest BCUT2D eigenvalue weighted by molar-refractivity contribution is -0.131. The molecule has 0 spiro atoms. The minimum absolute atomic E-state index is 0.145. The van der Waals surface area contributed by atoms with Gasteiger partial charge in [0.05, 0.1) is 5.71 Å². The Morgan fingerprint density at radius 3 is 1.73 bits per heavy atom. The number of hydrogen-bond acceptors (Lipinski definition) is 6. The van der Waals surface area contributed by atoms with E-state index < -0.39 is 0 Å². The highest BCUT2D eigenvalue weighted by molar-refractivity contribution is 6.01. The van der Waals surface area contributed by atoms with Gasteiger partial charge in [-0.3, -0.25) is 9.59 Å². The van der Waals surface area contributed by atoms with Crippen molar-refractivity contribution in [3.63, 3.8) is 0 Å². The summed E-state index contributed by atoms with van der Waals surface area (Å²) >= 11 is 0. The predicted octanol–water partition coefficient (Wildman–Crippen LogP) is 3.57. The number of ether oxygens (including phenoxy) is 2. The highest BCUT2D eigenvalue weighted by atomic mass is 16.6. The summed E-state index contributed by atoms with van der Waals surface area (Å²) in [6.07, 6.45) is 5.35. The summed E-state index contributed by atoms with van der Waals surface area (Å²) in [5.41, 5.74) is 0.814. The number of hydrogen-bond donors (Lipinski definition) is 0. The van der Waals surface area contributed by atoms with E-state index in [4.69, 9.17) is 14.3 Å². The molecule has 26 heavy (non-hydrogen) atoms. The SMILES string of the molecule is CCCOCCCC(=O)[C@H]1CC(=NOC)C[C@H]1C(=O)CCCOCCC. The monoisotopic (exact) mass is 369 g/mol. The van der Waals surface area contributed by atoms with E-state index in [0.29, 0.717) is 51.7 Å². The van der Waals surface area contributed by atoms with Gasteiger partial charge in [0.2, 0.25) is 0 Å². The predicted molar refractivity (Wildman–Crippen MR) is 101 cm³/mol. The minimum atomic E-state index is -0.265. The summed E-state index contributed by atoms with van der Waals surface area (Å²) in [7, 11) is 1.50. The zero-order chi connectivity index (χ0) is 19.2. The normalized spacial score (nSPS) is 21.3. The van der Waals surface area contributed by atoms with Crippen LogP contribution in [0, 0.1) is 11.8 Å².